The molecule has 2 rings (SSSR count). The van der Waals surface area contributed by atoms with Gasteiger partial charge in [0.05, 0.1) is 4.90 Å². The van der Waals surface area contributed by atoms with Crippen molar-refractivity contribution in [3.05, 3.63) is 53.1 Å². The molecule has 5 nitrogen and oxygen atoms in total. The second-order valence-corrected chi connectivity index (χ2v) is 6.33. The maximum atomic E-state index is 12.1. The van der Waals surface area contributed by atoms with Gasteiger partial charge in [-0.3, -0.25) is 5.11 Å². The largest absolute Gasteiger partial charge is 0.399 e. The zero-order valence-electron chi connectivity index (χ0n) is 10.3. The zero-order chi connectivity index (χ0) is 14.8. The fourth-order valence-electron chi connectivity index (χ4n) is 1.65. The number of nitrogens with one attached hydrogen (secondary N) is 1. The van der Waals surface area contributed by atoms with Crippen LogP contribution in [0.3, 0.4) is 0 Å². The Morgan fingerprint density at radius 1 is 1.15 bits per heavy atom. The number of anilines is 1. The van der Waals surface area contributed by atoms with Crippen molar-refractivity contribution >= 4 is 27.3 Å². The Balaban J connectivity index is 2.22. The van der Waals surface area contributed by atoms with Crippen LogP contribution in [0, 0.1) is 0 Å². The Morgan fingerprint density at radius 3 is 2.50 bits per heavy atom. The summed E-state index contributed by atoms with van der Waals surface area (Å²) in [6.45, 7) is 0.0327. The predicted octanol–water partition coefficient (Wildman–Crippen LogP) is 2.54. The SMILES string of the molecule is Nc1cc([O])cc(S(=O)(=O)NCc2ccccc2Cl)c1. The molecule has 0 spiro atoms. The smallest absolute Gasteiger partial charge is 0.241 e. The van der Waals surface area contributed by atoms with Gasteiger partial charge in [-0.15, -0.1) is 0 Å². The van der Waals surface area contributed by atoms with Crippen molar-refractivity contribution in [2.45, 2.75) is 11.4 Å². The van der Waals surface area contributed by atoms with E-state index in [1.165, 1.54) is 6.07 Å². The Labute approximate surface area is 122 Å². The number of sulfonamides is 1. The molecule has 0 fully saturated rings. The molecule has 2 aromatic carbocycles. The first kappa shape index (κ1) is 14.6. The van der Waals surface area contributed by atoms with Gasteiger partial charge in [0.25, 0.3) is 0 Å². The lowest BCUT2D eigenvalue weighted by atomic mass is 10.2. The van der Waals surface area contributed by atoms with Gasteiger partial charge in [-0.1, -0.05) is 29.8 Å². The second-order valence-electron chi connectivity index (χ2n) is 4.15. The Kier molecular flexibility index (Phi) is 4.17. The van der Waals surface area contributed by atoms with Crippen LogP contribution in [0.25, 0.3) is 0 Å². The summed E-state index contributed by atoms with van der Waals surface area (Å²) >= 11 is 5.94. The third-order valence-electron chi connectivity index (χ3n) is 2.62. The van der Waals surface area contributed by atoms with E-state index in [4.69, 9.17) is 17.3 Å². The average molecular weight is 312 g/mol. The van der Waals surface area contributed by atoms with Gasteiger partial charge in [0.2, 0.25) is 10.0 Å². The highest BCUT2D eigenvalue weighted by Gasteiger charge is 2.16. The number of halogens is 1. The molecule has 0 aromatic heterocycles. The van der Waals surface area contributed by atoms with Gasteiger partial charge >= 0.3 is 0 Å². The van der Waals surface area contributed by atoms with E-state index in [0.29, 0.717) is 10.6 Å². The highest BCUT2D eigenvalue weighted by atomic mass is 35.5. The van der Waals surface area contributed by atoms with E-state index < -0.39 is 15.8 Å². The van der Waals surface area contributed by atoms with Crippen molar-refractivity contribution in [3.8, 4) is 5.75 Å². The van der Waals surface area contributed by atoms with Gasteiger partial charge in [0.15, 0.2) is 5.75 Å². The number of hydrogen-bond acceptors (Lipinski definition) is 3. The summed E-state index contributed by atoms with van der Waals surface area (Å²) in [5.41, 5.74) is 6.22. The molecule has 1 radical (unpaired) electrons. The lowest BCUT2D eigenvalue weighted by Gasteiger charge is -2.08. The van der Waals surface area contributed by atoms with Crippen LogP contribution in [0.2, 0.25) is 5.02 Å². The molecule has 20 heavy (non-hydrogen) atoms. The lowest BCUT2D eigenvalue weighted by molar-refractivity contribution is 0.354. The van der Waals surface area contributed by atoms with E-state index >= 15 is 0 Å². The summed E-state index contributed by atoms with van der Waals surface area (Å²) in [6.07, 6.45) is 0. The maximum Gasteiger partial charge on any atom is 0.241 e. The van der Waals surface area contributed by atoms with Crippen LogP contribution in [0.4, 0.5) is 5.69 Å². The Morgan fingerprint density at radius 2 is 1.85 bits per heavy atom. The zero-order valence-corrected chi connectivity index (χ0v) is 11.9. The van der Waals surface area contributed by atoms with Gasteiger partial charge in [-0.2, -0.15) is 0 Å². The third-order valence-corrected chi connectivity index (χ3v) is 4.37. The van der Waals surface area contributed by atoms with E-state index in [1.54, 1.807) is 24.3 Å². The third kappa shape index (κ3) is 3.41. The average Bonchev–Trinajstić information content (AvgIpc) is 2.37. The summed E-state index contributed by atoms with van der Waals surface area (Å²) in [4.78, 5) is -0.158. The van der Waals surface area contributed by atoms with Crippen molar-refractivity contribution in [3.63, 3.8) is 0 Å². The van der Waals surface area contributed by atoms with Crippen LogP contribution in [0.1, 0.15) is 5.56 Å². The Bertz CT molecular complexity index is 712. The topological polar surface area (TPSA) is 92.1 Å². The molecule has 0 atom stereocenters. The fourth-order valence-corrected chi connectivity index (χ4v) is 2.92. The number of benzene rings is 2. The normalized spacial score (nSPS) is 11.4. The molecule has 3 N–H and O–H groups in total. The highest BCUT2D eigenvalue weighted by molar-refractivity contribution is 7.89. The molecule has 0 amide bonds. The predicted molar refractivity (Wildman–Crippen MR) is 76.5 cm³/mol. The number of hydrogen-bond donors (Lipinski definition) is 2. The highest BCUT2D eigenvalue weighted by Crippen LogP contribution is 2.22. The van der Waals surface area contributed by atoms with Crippen molar-refractivity contribution in [2.75, 3.05) is 5.73 Å². The van der Waals surface area contributed by atoms with E-state index in [2.05, 4.69) is 4.72 Å². The molecule has 7 heteroatoms. The summed E-state index contributed by atoms with van der Waals surface area (Å²) in [5.74, 6) is -0.455. The molecule has 0 aliphatic heterocycles. The van der Waals surface area contributed by atoms with E-state index in [-0.39, 0.29) is 17.1 Å². The minimum atomic E-state index is -3.81. The molecule has 105 valence electrons. The van der Waals surface area contributed by atoms with Crippen molar-refractivity contribution in [1.29, 1.82) is 0 Å². The van der Waals surface area contributed by atoms with Crippen LogP contribution in [0.15, 0.2) is 47.4 Å². The molecule has 0 unspecified atom stereocenters. The van der Waals surface area contributed by atoms with Crippen LogP contribution < -0.4 is 10.5 Å². The van der Waals surface area contributed by atoms with E-state index in [0.717, 1.165) is 12.1 Å². The molecular weight excluding hydrogens is 300 g/mol. The first-order chi connectivity index (χ1) is 9.38. The van der Waals surface area contributed by atoms with Gasteiger partial charge in [0.1, 0.15) is 0 Å². The summed E-state index contributed by atoms with van der Waals surface area (Å²) < 4.78 is 26.5. The lowest BCUT2D eigenvalue weighted by Crippen LogP contribution is -2.23. The van der Waals surface area contributed by atoms with Crippen molar-refractivity contribution < 1.29 is 13.5 Å². The van der Waals surface area contributed by atoms with Crippen LogP contribution in [-0.2, 0) is 21.7 Å². The minimum Gasteiger partial charge on any atom is -0.399 e. The van der Waals surface area contributed by atoms with Gasteiger partial charge in [-0.05, 0) is 17.7 Å². The summed E-state index contributed by atoms with van der Waals surface area (Å²) in [7, 11) is -3.81. The standard InChI is InChI=1S/C13H12ClN2O3S/c14-13-4-2-1-3-9(13)8-16-20(18,19)12-6-10(15)5-11(17)7-12/h1-7,16H,8,15H2. The van der Waals surface area contributed by atoms with Crippen LogP contribution >= 0.6 is 11.6 Å². The van der Waals surface area contributed by atoms with Gasteiger partial charge in [0, 0.05) is 29.4 Å². The molecule has 0 saturated heterocycles. The van der Waals surface area contributed by atoms with Crippen molar-refractivity contribution in [1.82, 2.24) is 4.72 Å². The van der Waals surface area contributed by atoms with E-state index in [9.17, 15) is 13.5 Å². The monoisotopic (exact) mass is 311 g/mol. The minimum absolute atomic E-state index is 0.0327. The Hall–Kier alpha value is -1.76. The van der Waals surface area contributed by atoms with Gasteiger partial charge in [-0.25, -0.2) is 13.1 Å². The molecule has 0 aliphatic rings. The van der Waals surface area contributed by atoms with Gasteiger partial charge < -0.3 is 5.73 Å². The molecular formula is C13H12ClN2O3S. The molecule has 0 saturated carbocycles. The quantitative estimate of drug-likeness (QED) is 0.850. The summed E-state index contributed by atoms with van der Waals surface area (Å²) in [6, 6.07) is 10.3. The molecule has 2 aromatic rings. The molecule has 0 aliphatic carbocycles. The first-order valence-corrected chi connectivity index (χ1v) is 7.55. The second kappa shape index (κ2) is 5.70. The summed E-state index contributed by atoms with van der Waals surface area (Å²) in [5, 5.41) is 11.8. The van der Waals surface area contributed by atoms with E-state index in [1.807, 2.05) is 0 Å². The first-order valence-electron chi connectivity index (χ1n) is 5.69. The molecule has 0 bridgehead atoms. The fraction of sp³-hybridized carbons (Fsp3) is 0.0769. The maximum absolute atomic E-state index is 12.1. The van der Waals surface area contributed by atoms with Crippen LogP contribution in [0.5, 0.6) is 5.75 Å². The van der Waals surface area contributed by atoms with Crippen molar-refractivity contribution in [2.24, 2.45) is 0 Å². The van der Waals surface area contributed by atoms with Crippen LogP contribution in [-0.4, -0.2) is 8.42 Å². The number of rotatable bonds is 4. The number of nitrogens with two attached hydrogens (primary N) is 1. The number of nitrogen functional groups attached to an aromatic ring is 1. The molecule has 0 heterocycles.